The van der Waals surface area contributed by atoms with Gasteiger partial charge in [-0.05, 0) is 41.0 Å². The average molecular weight is 493 g/mol. The number of anilines is 2. The lowest BCUT2D eigenvalue weighted by Gasteiger charge is -2.37. The van der Waals surface area contributed by atoms with Gasteiger partial charge in [0.05, 0.1) is 21.5 Å². The van der Waals surface area contributed by atoms with Gasteiger partial charge in [-0.3, -0.25) is 14.5 Å². The summed E-state index contributed by atoms with van der Waals surface area (Å²) in [5.74, 6) is -0.209. The summed E-state index contributed by atoms with van der Waals surface area (Å²) in [5, 5.41) is 2.97. The zero-order chi connectivity index (χ0) is 24.0. The fourth-order valence-corrected chi connectivity index (χ4v) is 5.32. The number of carbonyl (C=O) groups excluding carboxylic acids is 2. The Labute approximate surface area is 211 Å². The summed E-state index contributed by atoms with van der Waals surface area (Å²) in [6.07, 6.45) is 0.253. The quantitative estimate of drug-likeness (QED) is 0.442. The van der Waals surface area contributed by atoms with Crippen molar-refractivity contribution in [3.05, 3.63) is 70.8 Å². The van der Waals surface area contributed by atoms with Gasteiger partial charge < -0.3 is 15.1 Å². The van der Waals surface area contributed by atoms with E-state index < -0.39 is 0 Å². The fourth-order valence-electron chi connectivity index (χ4n) is 4.85. The highest BCUT2D eigenvalue weighted by Crippen LogP contribution is 2.42. The number of ketones is 1. The lowest BCUT2D eigenvalue weighted by molar-refractivity contribution is -0.116. The van der Waals surface area contributed by atoms with Crippen molar-refractivity contribution in [1.29, 1.82) is 0 Å². The van der Waals surface area contributed by atoms with Crippen molar-refractivity contribution in [1.82, 2.24) is 10.2 Å². The summed E-state index contributed by atoms with van der Waals surface area (Å²) in [6.45, 7) is 3.63. The normalized spacial score (nSPS) is 18.8. The third kappa shape index (κ3) is 4.15. The van der Waals surface area contributed by atoms with Gasteiger partial charge in [-0.25, -0.2) is 0 Å². The molecule has 1 saturated heterocycles. The maximum atomic E-state index is 13.0. The monoisotopic (exact) mass is 492 g/mol. The Balaban J connectivity index is 1.42. The van der Waals surface area contributed by atoms with E-state index >= 15 is 0 Å². The van der Waals surface area contributed by atoms with Crippen molar-refractivity contribution in [2.45, 2.75) is 11.1 Å². The van der Waals surface area contributed by atoms with Crippen molar-refractivity contribution in [3.8, 4) is 0 Å². The molecule has 2 aromatic carbocycles. The zero-order valence-corrected chi connectivity index (χ0v) is 21.1. The summed E-state index contributed by atoms with van der Waals surface area (Å²) in [6, 6.07) is 16.1. The molecule has 8 heteroatoms. The minimum Gasteiger partial charge on any atom is -0.378 e. The van der Waals surface area contributed by atoms with Gasteiger partial charge in [0.1, 0.15) is 0 Å². The second-order valence-corrected chi connectivity index (χ2v) is 10.4. The molecule has 0 aromatic heterocycles. The molecule has 176 valence electrons. The summed E-state index contributed by atoms with van der Waals surface area (Å²) in [5.41, 5.74) is 6.43. The Morgan fingerprint density at radius 3 is 2.06 bits per heavy atom. The number of rotatable bonds is 5. The molecule has 2 heterocycles. The van der Waals surface area contributed by atoms with E-state index in [0.29, 0.717) is 16.8 Å². The smallest absolute Gasteiger partial charge is 0.256 e. The molecule has 0 saturated carbocycles. The van der Waals surface area contributed by atoms with Crippen LogP contribution in [0.4, 0.5) is 11.4 Å². The molecule has 2 aliphatic heterocycles. The highest BCUT2D eigenvalue weighted by atomic mass is 32.2. The molecule has 1 N–H and O–H groups in total. The molecule has 0 radical (unpaired) electrons. The molecule has 34 heavy (non-hydrogen) atoms. The van der Waals surface area contributed by atoms with Gasteiger partial charge >= 0.3 is 0 Å². The molecule has 1 aliphatic carbocycles. The van der Waals surface area contributed by atoms with Crippen LogP contribution in [0.1, 0.15) is 17.5 Å². The molecule has 2 aromatic rings. The molecule has 1 amide bonds. The second-order valence-electron chi connectivity index (χ2n) is 9.02. The molecular formula is C26H28N4O2S2. The van der Waals surface area contributed by atoms with Crippen LogP contribution in [0.15, 0.2) is 59.7 Å². The Kier molecular flexibility index (Phi) is 6.22. The minimum absolute atomic E-state index is 0.0108. The van der Waals surface area contributed by atoms with Crippen molar-refractivity contribution in [2.24, 2.45) is 0 Å². The first kappa shape index (κ1) is 23.1. The summed E-state index contributed by atoms with van der Waals surface area (Å²) >= 11 is 8.81. The molecule has 0 unspecified atom stereocenters. The van der Waals surface area contributed by atoms with Crippen LogP contribution in [0.2, 0.25) is 0 Å². The van der Waals surface area contributed by atoms with Crippen LogP contribution in [-0.2, 0) is 9.59 Å². The first-order chi connectivity index (χ1) is 16.3. The number of nitrogens with zero attached hydrogens (tertiary/aromatic N) is 3. The maximum absolute atomic E-state index is 13.0. The van der Waals surface area contributed by atoms with E-state index in [-0.39, 0.29) is 22.8 Å². The van der Waals surface area contributed by atoms with Gasteiger partial charge in [0.2, 0.25) is 0 Å². The Morgan fingerprint density at radius 2 is 1.47 bits per heavy atom. The maximum Gasteiger partial charge on any atom is 0.256 e. The number of piperazine rings is 1. The number of fused-ring (bicyclic) bond motifs is 1. The number of hydrogen-bond donors (Lipinski definition) is 3. The first-order valence-electron chi connectivity index (χ1n) is 11.4. The average Bonchev–Trinajstić information content (AvgIpc) is 3.37. The minimum atomic E-state index is -0.198. The molecule has 0 atom stereocenters. The van der Waals surface area contributed by atoms with Crippen LogP contribution >= 0.6 is 25.3 Å². The van der Waals surface area contributed by atoms with E-state index in [1.807, 2.05) is 55.4 Å². The largest absolute Gasteiger partial charge is 0.378 e. The highest BCUT2D eigenvalue weighted by Gasteiger charge is 2.40. The van der Waals surface area contributed by atoms with Gasteiger partial charge in [-0.15, -0.1) is 25.3 Å². The fraction of sp³-hybridized carbons (Fsp3) is 0.308. The van der Waals surface area contributed by atoms with E-state index in [1.54, 1.807) is 0 Å². The first-order valence-corrected chi connectivity index (χ1v) is 12.4. The number of benzene rings is 2. The van der Waals surface area contributed by atoms with E-state index in [1.165, 1.54) is 0 Å². The van der Waals surface area contributed by atoms with Gasteiger partial charge in [0.25, 0.3) is 5.91 Å². The SMILES string of the molecule is CN(C)c1ccc(C2=C3C(=O)NC(c4ccc(N5CCN(C(S)S)CC5)cc4)=C3C(=O)C2)cc1. The van der Waals surface area contributed by atoms with Crippen molar-refractivity contribution in [3.63, 3.8) is 0 Å². The van der Waals surface area contributed by atoms with Gasteiger partial charge in [-0.1, -0.05) is 24.3 Å². The zero-order valence-electron chi connectivity index (χ0n) is 19.3. The van der Waals surface area contributed by atoms with Crippen LogP contribution in [0, 0.1) is 0 Å². The van der Waals surface area contributed by atoms with Crippen LogP contribution in [0.3, 0.4) is 0 Å². The van der Waals surface area contributed by atoms with E-state index in [0.717, 1.165) is 54.3 Å². The molecule has 6 nitrogen and oxygen atoms in total. The summed E-state index contributed by atoms with van der Waals surface area (Å²) in [7, 11) is 3.97. The number of amides is 1. The van der Waals surface area contributed by atoms with Crippen LogP contribution < -0.4 is 15.1 Å². The van der Waals surface area contributed by atoms with Gasteiger partial charge in [-0.2, -0.15) is 0 Å². The number of thiol groups is 2. The van der Waals surface area contributed by atoms with Crippen molar-refractivity contribution in [2.75, 3.05) is 50.1 Å². The Hall–Kier alpha value is -2.68. The molecule has 0 spiro atoms. The third-order valence-electron chi connectivity index (χ3n) is 6.78. The van der Waals surface area contributed by atoms with Crippen LogP contribution in [0.25, 0.3) is 11.3 Å². The topological polar surface area (TPSA) is 55.9 Å². The van der Waals surface area contributed by atoms with E-state index in [9.17, 15) is 9.59 Å². The number of hydrogen-bond acceptors (Lipinski definition) is 7. The predicted octanol–water partition coefficient (Wildman–Crippen LogP) is 3.29. The number of Topliss-reactive ketones (excluding diaryl/α,β-unsaturated/α-hetero) is 1. The third-order valence-corrected chi connectivity index (χ3v) is 7.43. The molecule has 1 fully saturated rings. The summed E-state index contributed by atoms with van der Waals surface area (Å²) in [4.78, 5) is 32.5. The van der Waals surface area contributed by atoms with Gasteiger partial charge in [0, 0.05) is 58.1 Å². The lowest BCUT2D eigenvalue weighted by Crippen LogP contribution is -2.47. The van der Waals surface area contributed by atoms with Gasteiger partial charge in [0.15, 0.2) is 5.78 Å². The standard InChI is InChI=1S/C26H28N4O2S2/c1-28(2)18-7-3-16(4-8-18)20-15-21(31)23-22(20)25(32)27-24(23)17-5-9-19(10-6-17)29-11-13-30(14-12-29)26(33)34/h3-10,26,33-34H,11-15H2,1-2H3,(H,27,32). The second kappa shape index (κ2) is 9.17. The molecule has 0 bridgehead atoms. The Bertz CT molecular complexity index is 1190. The van der Waals surface area contributed by atoms with E-state index in [4.69, 9.17) is 0 Å². The predicted molar refractivity (Wildman–Crippen MR) is 144 cm³/mol. The van der Waals surface area contributed by atoms with Crippen LogP contribution in [0.5, 0.6) is 0 Å². The van der Waals surface area contributed by atoms with Crippen LogP contribution in [-0.4, -0.2) is 61.6 Å². The lowest BCUT2D eigenvalue weighted by atomic mass is 10.0. The summed E-state index contributed by atoms with van der Waals surface area (Å²) < 4.78 is -0.0362. The number of nitrogens with one attached hydrogen (secondary N) is 1. The van der Waals surface area contributed by atoms with E-state index in [2.05, 4.69) is 52.5 Å². The highest BCUT2D eigenvalue weighted by molar-refractivity contribution is 7.99. The number of carbonyl (C=O) groups is 2. The molecular weight excluding hydrogens is 464 g/mol. The van der Waals surface area contributed by atoms with Crippen molar-refractivity contribution >= 4 is 59.6 Å². The molecule has 3 aliphatic rings. The van der Waals surface area contributed by atoms with Crippen molar-refractivity contribution < 1.29 is 9.59 Å². The Morgan fingerprint density at radius 1 is 0.853 bits per heavy atom. The number of allylic oxidation sites excluding steroid dienone is 1. The molecule has 5 rings (SSSR count).